The predicted molar refractivity (Wildman–Crippen MR) is 158 cm³/mol. The van der Waals surface area contributed by atoms with Crippen LogP contribution in [0.5, 0.6) is 5.75 Å². The Bertz CT molecular complexity index is 1380. The number of rotatable bonds is 5. The van der Waals surface area contributed by atoms with Crippen LogP contribution in [0.1, 0.15) is 57.6 Å². The summed E-state index contributed by atoms with van der Waals surface area (Å²) in [5, 5.41) is 22.0. The molecule has 2 amide bonds. The molecule has 4 heterocycles. The Morgan fingerprint density at radius 2 is 1.77 bits per heavy atom. The number of carbonyl (C=O) groups excluding carboxylic acids is 2. The SMILES string of the molecule is Cc1cc(N[C@@H]2CCCN(CC(=O)N3CCC4(CC3)CN(C(=O)OC(C)(C)C)C4)C2)nnc1-c1ccc(C(F)(F)F)cc1O. The Morgan fingerprint density at radius 1 is 1.07 bits per heavy atom. The molecule has 44 heavy (non-hydrogen) atoms. The first kappa shape index (κ1) is 31.8. The molecule has 1 aromatic carbocycles. The standard InChI is InChI=1S/C31H41F3N6O4/c1-20-14-25(36-37-27(20)23-8-7-21(15-24(23)41)31(32,33)34)35-22-6-5-11-38(16-22)17-26(42)39-12-9-30(10-13-39)18-40(19-30)28(43)44-29(2,3)4/h7-8,14-15,22,41H,5-6,9-13,16-19H2,1-4H3,(H,35,36)/t22-/m1/s1. The van der Waals surface area contributed by atoms with Gasteiger partial charge in [0.1, 0.15) is 17.2 Å². The summed E-state index contributed by atoms with van der Waals surface area (Å²) in [6.07, 6.45) is -1.26. The van der Waals surface area contributed by atoms with Gasteiger partial charge in [0.15, 0.2) is 0 Å². The number of aromatic nitrogens is 2. The molecule has 5 rings (SSSR count). The fourth-order valence-corrected chi connectivity index (χ4v) is 6.31. The molecule has 0 aliphatic carbocycles. The summed E-state index contributed by atoms with van der Waals surface area (Å²) in [4.78, 5) is 31.3. The number of halogens is 3. The summed E-state index contributed by atoms with van der Waals surface area (Å²) in [5.74, 6) is 0.128. The van der Waals surface area contributed by atoms with Gasteiger partial charge in [0.2, 0.25) is 5.91 Å². The summed E-state index contributed by atoms with van der Waals surface area (Å²) < 4.78 is 44.4. The summed E-state index contributed by atoms with van der Waals surface area (Å²) >= 11 is 0. The first-order valence-electron chi connectivity index (χ1n) is 15.1. The lowest BCUT2D eigenvalue weighted by molar-refractivity contribution is -0.138. The van der Waals surface area contributed by atoms with Crippen LogP contribution in [0.2, 0.25) is 0 Å². The van der Waals surface area contributed by atoms with Gasteiger partial charge in [-0.3, -0.25) is 9.69 Å². The van der Waals surface area contributed by atoms with Crippen LogP contribution in [0.3, 0.4) is 0 Å². The summed E-state index contributed by atoms with van der Waals surface area (Å²) in [7, 11) is 0. The summed E-state index contributed by atoms with van der Waals surface area (Å²) in [6, 6.07) is 4.61. The molecule has 2 aromatic rings. The van der Waals surface area contributed by atoms with Crippen LogP contribution in [0.15, 0.2) is 24.3 Å². The monoisotopic (exact) mass is 618 g/mol. The summed E-state index contributed by atoms with van der Waals surface area (Å²) in [6.45, 7) is 11.9. The van der Waals surface area contributed by atoms with E-state index in [-0.39, 0.29) is 29.0 Å². The number of anilines is 1. The van der Waals surface area contributed by atoms with Gasteiger partial charge < -0.3 is 25.0 Å². The Morgan fingerprint density at radius 3 is 2.39 bits per heavy atom. The molecule has 1 atom stereocenters. The first-order chi connectivity index (χ1) is 20.6. The van der Waals surface area contributed by atoms with Crippen LogP contribution < -0.4 is 5.32 Å². The molecule has 0 saturated carbocycles. The number of hydrogen-bond donors (Lipinski definition) is 2. The third-order valence-electron chi connectivity index (χ3n) is 8.66. The maximum atomic E-state index is 13.2. The van der Waals surface area contributed by atoms with E-state index in [0.29, 0.717) is 62.4 Å². The number of aryl methyl sites for hydroxylation is 1. The number of alkyl halides is 3. The lowest BCUT2D eigenvalue weighted by Gasteiger charge is -2.53. The lowest BCUT2D eigenvalue weighted by Crippen LogP contribution is -2.63. The van der Waals surface area contributed by atoms with E-state index in [0.717, 1.165) is 38.3 Å². The molecule has 3 aliphatic rings. The van der Waals surface area contributed by atoms with E-state index in [1.165, 1.54) is 6.07 Å². The van der Waals surface area contributed by atoms with Crippen LogP contribution in [0.4, 0.5) is 23.8 Å². The Labute approximate surface area is 255 Å². The number of piperidine rings is 2. The van der Waals surface area contributed by atoms with Gasteiger partial charge in [-0.25, -0.2) is 4.79 Å². The van der Waals surface area contributed by atoms with E-state index < -0.39 is 23.1 Å². The van der Waals surface area contributed by atoms with Gasteiger partial charge in [-0.2, -0.15) is 13.2 Å². The number of hydrogen-bond acceptors (Lipinski definition) is 8. The highest BCUT2D eigenvalue weighted by Crippen LogP contribution is 2.41. The highest BCUT2D eigenvalue weighted by molar-refractivity contribution is 5.78. The van der Waals surface area contributed by atoms with Gasteiger partial charge in [-0.15, -0.1) is 10.2 Å². The van der Waals surface area contributed by atoms with Crippen molar-refractivity contribution in [1.29, 1.82) is 0 Å². The largest absolute Gasteiger partial charge is 0.507 e. The number of nitrogens with zero attached hydrogens (tertiary/aromatic N) is 5. The molecule has 0 radical (unpaired) electrons. The van der Waals surface area contributed by atoms with Crippen LogP contribution >= 0.6 is 0 Å². The number of aromatic hydroxyl groups is 1. The van der Waals surface area contributed by atoms with Gasteiger partial charge in [0.25, 0.3) is 0 Å². The van der Waals surface area contributed by atoms with E-state index >= 15 is 0 Å². The van der Waals surface area contributed by atoms with Crippen molar-refractivity contribution < 1.29 is 32.6 Å². The number of phenolic OH excluding ortho intramolecular Hbond substituents is 1. The maximum absolute atomic E-state index is 13.2. The number of benzene rings is 1. The van der Waals surface area contributed by atoms with Crippen LogP contribution in [0, 0.1) is 12.3 Å². The smallest absolute Gasteiger partial charge is 0.416 e. The van der Waals surface area contributed by atoms with Crippen molar-refractivity contribution in [1.82, 2.24) is 24.9 Å². The fraction of sp³-hybridized carbons (Fsp3) is 0.613. The first-order valence-corrected chi connectivity index (χ1v) is 15.1. The van der Waals surface area contributed by atoms with E-state index in [9.17, 15) is 27.9 Å². The normalized spacial score (nSPS) is 20.8. The van der Waals surface area contributed by atoms with Crippen LogP contribution in [-0.2, 0) is 15.7 Å². The molecule has 2 N–H and O–H groups in total. The maximum Gasteiger partial charge on any atom is 0.416 e. The molecule has 3 saturated heterocycles. The molecule has 13 heteroatoms. The zero-order valence-electron chi connectivity index (χ0n) is 25.7. The highest BCUT2D eigenvalue weighted by atomic mass is 19.4. The van der Waals surface area contributed by atoms with Crippen molar-refractivity contribution >= 4 is 17.8 Å². The van der Waals surface area contributed by atoms with Crippen molar-refractivity contribution in [3.05, 3.63) is 35.4 Å². The minimum atomic E-state index is -4.55. The minimum Gasteiger partial charge on any atom is -0.507 e. The Kier molecular flexibility index (Phi) is 8.71. The second-order valence-electron chi connectivity index (χ2n) is 13.4. The third-order valence-corrected chi connectivity index (χ3v) is 8.66. The molecule has 0 bridgehead atoms. The topological polar surface area (TPSA) is 111 Å². The number of amides is 2. The van der Waals surface area contributed by atoms with Gasteiger partial charge in [-0.05, 0) is 89.8 Å². The second-order valence-corrected chi connectivity index (χ2v) is 13.4. The van der Waals surface area contributed by atoms with Gasteiger partial charge in [-0.1, -0.05) is 0 Å². The number of likely N-dealkylation sites (tertiary alicyclic amines) is 3. The Balaban J connectivity index is 1.10. The second kappa shape index (κ2) is 12.1. The van der Waals surface area contributed by atoms with Crippen LogP contribution in [-0.4, -0.2) is 99.5 Å². The molecule has 3 aliphatic heterocycles. The number of ether oxygens (including phenoxy) is 1. The highest BCUT2D eigenvalue weighted by Gasteiger charge is 2.48. The van der Waals surface area contributed by atoms with Crippen molar-refractivity contribution in [2.75, 3.05) is 51.1 Å². The molecule has 10 nitrogen and oxygen atoms in total. The van der Waals surface area contributed by atoms with E-state index in [1.54, 1.807) is 17.9 Å². The van der Waals surface area contributed by atoms with Crippen molar-refractivity contribution in [2.24, 2.45) is 5.41 Å². The number of carbonyl (C=O) groups is 2. The van der Waals surface area contributed by atoms with Gasteiger partial charge in [0, 0.05) is 49.7 Å². The lowest BCUT2D eigenvalue weighted by atomic mass is 9.72. The average molecular weight is 619 g/mol. The predicted octanol–water partition coefficient (Wildman–Crippen LogP) is 4.91. The van der Waals surface area contributed by atoms with Crippen LogP contribution in [0.25, 0.3) is 11.3 Å². The molecular weight excluding hydrogens is 577 g/mol. The molecule has 1 aromatic heterocycles. The van der Waals surface area contributed by atoms with Gasteiger partial charge in [0.05, 0.1) is 17.8 Å². The van der Waals surface area contributed by atoms with Gasteiger partial charge >= 0.3 is 12.3 Å². The Hall–Kier alpha value is -3.61. The van der Waals surface area contributed by atoms with E-state index in [2.05, 4.69) is 20.4 Å². The summed E-state index contributed by atoms with van der Waals surface area (Å²) in [5.41, 5.74) is -0.230. The molecule has 0 unspecified atom stereocenters. The fourth-order valence-electron chi connectivity index (χ4n) is 6.31. The molecule has 1 spiro atoms. The van der Waals surface area contributed by atoms with E-state index in [4.69, 9.17) is 4.74 Å². The third kappa shape index (κ3) is 7.36. The van der Waals surface area contributed by atoms with Crippen molar-refractivity contribution in [3.8, 4) is 17.0 Å². The molecule has 3 fully saturated rings. The minimum absolute atomic E-state index is 0.0500. The van der Waals surface area contributed by atoms with E-state index in [1.807, 2.05) is 25.7 Å². The average Bonchev–Trinajstić information content (AvgIpc) is 2.91. The van der Waals surface area contributed by atoms with Crippen molar-refractivity contribution in [2.45, 2.75) is 71.2 Å². The zero-order chi connectivity index (χ0) is 31.9. The zero-order valence-corrected chi connectivity index (χ0v) is 25.7. The number of phenols is 1. The molecule has 240 valence electrons. The van der Waals surface area contributed by atoms with Crippen molar-refractivity contribution in [3.63, 3.8) is 0 Å². The molecular formula is C31H41F3N6O4. The number of nitrogens with one attached hydrogen (secondary N) is 1. The quantitative estimate of drug-likeness (QED) is 0.487.